The van der Waals surface area contributed by atoms with E-state index >= 15 is 0 Å². The molecule has 21 heavy (non-hydrogen) atoms. The molecule has 0 bridgehead atoms. The zero-order valence-corrected chi connectivity index (χ0v) is 12.7. The van der Waals surface area contributed by atoms with Crippen LogP contribution in [0, 0.1) is 5.92 Å². The van der Waals surface area contributed by atoms with Gasteiger partial charge in [-0.2, -0.15) is 5.10 Å². The maximum absolute atomic E-state index is 12.2. The molecule has 0 saturated carbocycles. The van der Waals surface area contributed by atoms with Crippen LogP contribution >= 0.6 is 11.6 Å². The highest BCUT2D eigenvalue weighted by molar-refractivity contribution is 6.31. The predicted octanol–water partition coefficient (Wildman–Crippen LogP) is 2.23. The zero-order chi connectivity index (χ0) is 15.4. The van der Waals surface area contributed by atoms with Crippen molar-refractivity contribution < 1.29 is 4.79 Å². The van der Waals surface area contributed by atoms with Gasteiger partial charge in [-0.1, -0.05) is 31.9 Å². The Morgan fingerprint density at radius 2 is 2.29 bits per heavy atom. The van der Waals surface area contributed by atoms with Gasteiger partial charge in [-0.25, -0.2) is 9.67 Å². The van der Waals surface area contributed by atoms with Gasteiger partial charge in [-0.3, -0.25) is 4.79 Å². The van der Waals surface area contributed by atoms with Gasteiger partial charge >= 0.3 is 0 Å². The molecule has 112 valence electrons. The van der Waals surface area contributed by atoms with Crippen molar-refractivity contribution in [3.8, 4) is 5.69 Å². The van der Waals surface area contributed by atoms with Crippen LogP contribution in [0.15, 0.2) is 30.9 Å². The smallest absolute Gasteiger partial charge is 0.241 e. The largest absolute Gasteiger partial charge is 0.323 e. The molecule has 7 heteroatoms. The molecule has 2 aromatic rings. The van der Waals surface area contributed by atoms with Gasteiger partial charge in [-0.05, 0) is 24.1 Å². The summed E-state index contributed by atoms with van der Waals surface area (Å²) in [6, 6.07) is 4.59. The molecule has 0 fully saturated rings. The normalized spacial score (nSPS) is 13.7. The third kappa shape index (κ3) is 3.59. The molecule has 2 atom stereocenters. The van der Waals surface area contributed by atoms with Gasteiger partial charge < -0.3 is 11.1 Å². The quantitative estimate of drug-likeness (QED) is 0.887. The highest BCUT2D eigenvalue weighted by atomic mass is 35.5. The van der Waals surface area contributed by atoms with E-state index in [0.29, 0.717) is 16.4 Å². The summed E-state index contributed by atoms with van der Waals surface area (Å²) < 4.78 is 1.56. The van der Waals surface area contributed by atoms with Crippen molar-refractivity contribution in [1.29, 1.82) is 0 Å². The van der Waals surface area contributed by atoms with E-state index in [-0.39, 0.29) is 11.8 Å². The standard InChI is InChI=1S/C14H18ClN5O/c1-3-9(2)13(16)14(21)19-11-6-10(15)4-5-12(11)20-8-17-7-18-20/h4-9,13H,3,16H2,1-2H3,(H,19,21)/t9?,13-/m0/s1. The third-order valence-corrected chi connectivity index (χ3v) is 3.68. The molecule has 1 amide bonds. The van der Waals surface area contributed by atoms with Gasteiger partial charge in [0, 0.05) is 5.02 Å². The lowest BCUT2D eigenvalue weighted by atomic mass is 9.99. The number of anilines is 1. The summed E-state index contributed by atoms with van der Waals surface area (Å²) in [5.41, 5.74) is 7.18. The number of hydrogen-bond acceptors (Lipinski definition) is 4. The predicted molar refractivity (Wildman–Crippen MR) is 82.4 cm³/mol. The summed E-state index contributed by atoms with van der Waals surface area (Å²) >= 11 is 6.00. The summed E-state index contributed by atoms with van der Waals surface area (Å²) in [7, 11) is 0. The second-order valence-electron chi connectivity index (χ2n) is 4.90. The summed E-state index contributed by atoms with van der Waals surface area (Å²) in [6.45, 7) is 3.94. The number of hydrogen-bond donors (Lipinski definition) is 2. The highest BCUT2D eigenvalue weighted by Gasteiger charge is 2.20. The molecule has 1 unspecified atom stereocenters. The van der Waals surface area contributed by atoms with E-state index in [1.54, 1.807) is 29.2 Å². The van der Waals surface area contributed by atoms with Crippen molar-refractivity contribution in [2.24, 2.45) is 11.7 Å². The molecule has 1 aromatic carbocycles. The number of nitrogens with one attached hydrogen (secondary N) is 1. The van der Waals surface area contributed by atoms with E-state index in [9.17, 15) is 4.79 Å². The molecule has 0 aliphatic heterocycles. The van der Waals surface area contributed by atoms with Crippen molar-refractivity contribution in [3.05, 3.63) is 35.9 Å². The Labute approximate surface area is 128 Å². The number of nitrogens with zero attached hydrogens (tertiary/aromatic N) is 3. The molecule has 1 aromatic heterocycles. The van der Waals surface area contributed by atoms with Crippen LogP contribution in [0.2, 0.25) is 5.02 Å². The first-order valence-electron chi connectivity index (χ1n) is 6.74. The lowest BCUT2D eigenvalue weighted by Gasteiger charge is -2.19. The van der Waals surface area contributed by atoms with Crippen LogP contribution in [0.3, 0.4) is 0 Å². The Hall–Kier alpha value is -1.92. The van der Waals surface area contributed by atoms with E-state index in [1.165, 1.54) is 6.33 Å². The Bertz CT molecular complexity index is 614. The SMILES string of the molecule is CCC(C)[C@H](N)C(=O)Nc1cc(Cl)ccc1-n1cncn1. The second kappa shape index (κ2) is 6.69. The summed E-state index contributed by atoms with van der Waals surface area (Å²) in [6.07, 6.45) is 3.80. The van der Waals surface area contributed by atoms with E-state index in [4.69, 9.17) is 17.3 Å². The van der Waals surface area contributed by atoms with Crippen LogP contribution in [0.4, 0.5) is 5.69 Å². The fourth-order valence-corrected chi connectivity index (χ4v) is 2.04. The average molecular weight is 308 g/mol. The maximum atomic E-state index is 12.2. The third-order valence-electron chi connectivity index (χ3n) is 3.44. The van der Waals surface area contributed by atoms with Crippen LogP contribution in [-0.2, 0) is 4.79 Å². The van der Waals surface area contributed by atoms with Crippen molar-refractivity contribution >= 4 is 23.2 Å². The first-order valence-corrected chi connectivity index (χ1v) is 7.11. The van der Waals surface area contributed by atoms with Gasteiger partial charge in [0.25, 0.3) is 0 Å². The van der Waals surface area contributed by atoms with Crippen molar-refractivity contribution in [1.82, 2.24) is 14.8 Å². The number of nitrogens with two attached hydrogens (primary N) is 1. The van der Waals surface area contributed by atoms with Crippen molar-refractivity contribution in [2.75, 3.05) is 5.32 Å². The zero-order valence-electron chi connectivity index (χ0n) is 12.0. The van der Waals surface area contributed by atoms with Crippen molar-refractivity contribution in [2.45, 2.75) is 26.3 Å². The number of carbonyl (C=O) groups is 1. The van der Waals surface area contributed by atoms with Gasteiger partial charge in [0.15, 0.2) is 0 Å². The Balaban J connectivity index is 2.27. The van der Waals surface area contributed by atoms with Crippen molar-refractivity contribution in [3.63, 3.8) is 0 Å². The minimum Gasteiger partial charge on any atom is -0.323 e. The van der Waals surface area contributed by atoms with E-state index in [2.05, 4.69) is 15.4 Å². The number of halogens is 1. The number of carbonyl (C=O) groups excluding carboxylic acids is 1. The fourth-order valence-electron chi connectivity index (χ4n) is 1.87. The lowest BCUT2D eigenvalue weighted by Crippen LogP contribution is -2.40. The molecular weight excluding hydrogens is 290 g/mol. The van der Waals surface area contributed by atoms with E-state index in [1.807, 2.05) is 13.8 Å². The van der Waals surface area contributed by atoms with Crippen LogP contribution in [-0.4, -0.2) is 26.7 Å². The van der Waals surface area contributed by atoms with Crippen LogP contribution in [0.1, 0.15) is 20.3 Å². The first-order chi connectivity index (χ1) is 10.0. The van der Waals surface area contributed by atoms with Gasteiger partial charge in [0.05, 0.1) is 17.4 Å². The lowest BCUT2D eigenvalue weighted by molar-refractivity contribution is -0.118. The van der Waals surface area contributed by atoms with Crippen LogP contribution in [0.25, 0.3) is 5.69 Å². The molecule has 6 nitrogen and oxygen atoms in total. The molecule has 3 N–H and O–H groups in total. The molecule has 0 aliphatic rings. The molecule has 0 saturated heterocycles. The van der Waals surface area contributed by atoms with E-state index < -0.39 is 6.04 Å². The molecule has 1 heterocycles. The fraction of sp³-hybridized carbons (Fsp3) is 0.357. The van der Waals surface area contributed by atoms with Gasteiger partial charge in [0.1, 0.15) is 12.7 Å². The number of benzene rings is 1. The molecule has 0 aliphatic carbocycles. The molecule has 0 spiro atoms. The van der Waals surface area contributed by atoms with Crippen LogP contribution in [0.5, 0.6) is 0 Å². The van der Waals surface area contributed by atoms with Gasteiger partial charge in [-0.15, -0.1) is 0 Å². The monoisotopic (exact) mass is 307 g/mol. The summed E-state index contributed by atoms with van der Waals surface area (Å²) in [5.74, 6) is -0.146. The second-order valence-corrected chi connectivity index (χ2v) is 5.34. The minimum atomic E-state index is -0.572. The summed E-state index contributed by atoms with van der Waals surface area (Å²) in [4.78, 5) is 16.1. The molecule has 0 radical (unpaired) electrons. The Morgan fingerprint density at radius 3 is 2.90 bits per heavy atom. The minimum absolute atomic E-state index is 0.0963. The van der Waals surface area contributed by atoms with Crippen LogP contribution < -0.4 is 11.1 Å². The number of aromatic nitrogens is 3. The molecule has 2 rings (SSSR count). The Morgan fingerprint density at radius 1 is 1.52 bits per heavy atom. The van der Waals surface area contributed by atoms with Gasteiger partial charge in [0.2, 0.25) is 5.91 Å². The number of amides is 1. The topological polar surface area (TPSA) is 85.8 Å². The Kier molecular flexibility index (Phi) is 4.93. The number of rotatable bonds is 5. The first kappa shape index (κ1) is 15.5. The maximum Gasteiger partial charge on any atom is 0.241 e. The molecular formula is C14H18ClN5O. The highest BCUT2D eigenvalue weighted by Crippen LogP contribution is 2.24. The van der Waals surface area contributed by atoms with E-state index in [0.717, 1.165) is 6.42 Å². The summed E-state index contributed by atoms with van der Waals surface area (Å²) in [5, 5.41) is 7.40. The average Bonchev–Trinajstić information content (AvgIpc) is 2.99.